The Bertz CT molecular complexity index is 424. The predicted octanol–water partition coefficient (Wildman–Crippen LogP) is 0.928. The number of aromatic nitrogens is 1. The molecule has 15 heavy (non-hydrogen) atoms. The van der Waals surface area contributed by atoms with Crippen LogP contribution in [0, 0.1) is 0 Å². The van der Waals surface area contributed by atoms with Crippen molar-refractivity contribution in [3.63, 3.8) is 0 Å². The number of thiazole rings is 1. The fraction of sp³-hybridized carbons (Fsp3) is 0.667. The molecule has 2 heterocycles. The van der Waals surface area contributed by atoms with E-state index in [0.29, 0.717) is 12.8 Å². The van der Waals surface area contributed by atoms with Gasteiger partial charge in [-0.1, -0.05) is 0 Å². The van der Waals surface area contributed by atoms with E-state index in [-0.39, 0.29) is 24.0 Å². The minimum absolute atomic E-state index is 0.0166. The first-order valence-electron chi connectivity index (χ1n) is 4.86. The van der Waals surface area contributed by atoms with Crippen LogP contribution >= 0.6 is 11.3 Å². The summed E-state index contributed by atoms with van der Waals surface area (Å²) in [5.74, 6) is 0.802. The van der Waals surface area contributed by atoms with Crippen molar-refractivity contribution in [3.05, 3.63) is 16.1 Å². The molecule has 0 radical (unpaired) electrons. The van der Waals surface area contributed by atoms with Gasteiger partial charge < -0.3 is 5.11 Å². The second kappa shape index (κ2) is 4.19. The molecule has 0 aliphatic carbocycles. The van der Waals surface area contributed by atoms with Gasteiger partial charge in [0.1, 0.15) is 9.84 Å². The largest absolute Gasteiger partial charge is 0.391 e. The summed E-state index contributed by atoms with van der Waals surface area (Å²) < 4.78 is 22.5. The van der Waals surface area contributed by atoms with Crippen molar-refractivity contribution in [2.45, 2.75) is 25.4 Å². The predicted molar refractivity (Wildman–Crippen MR) is 58.7 cm³/mol. The van der Waals surface area contributed by atoms with E-state index >= 15 is 0 Å². The van der Waals surface area contributed by atoms with Crippen LogP contribution in [0.3, 0.4) is 0 Å². The van der Waals surface area contributed by atoms with Gasteiger partial charge in [0.15, 0.2) is 0 Å². The molecule has 0 saturated carbocycles. The Morgan fingerprint density at radius 1 is 1.47 bits per heavy atom. The Morgan fingerprint density at radius 2 is 2.13 bits per heavy atom. The molecule has 84 valence electrons. The van der Waals surface area contributed by atoms with Gasteiger partial charge in [-0.2, -0.15) is 0 Å². The molecule has 1 saturated heterocycles. The Morgan fingerprint density at radius 3 is 2.67 bits per heavy atom. The number of aliphatic hydroxyl groups is 1. The molecule has 1 N–H and O–H groups in total. The molecule has 0 spiro atoms. The van der Waals surface area contributed by atoms with Gasteiger partial charge in [0.05, 0.1) is 28.0 Å². The molecule has 1 fully saturated rings. The number of hydrogen-bond donors (Lipinski definition) is 1. The Balaban J connectivity index is 2.07. The van der Waals surface area contributed by atoms with E-state index in [4.69, 9.17) is 5.11 Å². The Labute approximate surface area is 92.9 Å². The standard InChI is InChI=1S/C9H13NO3S2/c11-6-8-5-10-9(14-8)7-1-3-15(12,13)4-2-7/h5,7,11H,1-4,6H2. The van der Waals surface area contributed by atoms with Crippen molar-refractivity contribution >= 4 is 21.2 Å². The summed E-state index contributed by atoms with van der Waals surface area (Å²) in [4.78, 5) is 5.07. The highest BCUT2D eigenvalue weighted by atomic mass is 32.2. The third-order valence-corrected chi connectivity index (χ3v) is 5.49. The average Bonchev–Trinajstić information content (AvgIpc) is 2.66. The van der Waals surface area contributed by atoms with Crippen LogP contribution in [0.5, 0.6) is 0 Å². The van der Waals surface area contributed by atoms with E-state index in [9.17, 15) is 8.42 Å². The minimum Gasteiger partial charge on any atom is -0.391 e. The molecule has 0 bridgehead atoms. The normalized spacial score (nSPS) is 21.7. The summed E-state index contributed by atoms with van der Waals surface area (Å²) in [5, 5.41) is 9.87. The van der Waals surface area contributed by atoms with Gasteiger partial charge in [0.2, 0.25) is 0 Å². The fourth-order valence-corrected chi connectivity index (χ4v) is 4.16. The highest BCUT2D eigenvalue weighted by Gasteiger charge is 2.26. The molecule has 1 aromatic rings. The maximum absolute atomic E-state index is 11.2. The smallest absolute Gasteiger partial charge is 0.150 e. The van der Waals surface area contributed by atoms with Crippen molar-refractivity contribution in [3.8, 4) is 0 Å². The number of hydrogen-bond acceptors (Lipinski definition) is 5. The maximum Gasteiger partial charge on any atom is 0.150 e. The fourth-order valence-electron chi connectivity index (χ4n) is 1.72. The lowest BCUT2D eigenvalue weighted by Crippen LogP contribution is -2.21. The lowest BCUT2D eigenvalue weighted by molar-refractivity contribution is 0.285. The van der Waals surface area contributed by atoms with Crippen LogP contribution in [-0.2, 0) is 16.4 Å². The SMILES string of the molecule is O=S1(=O)CCC(c2ncc(CO)s2)CC1. The molecule has 0 unspecified atom stereocenters. The maximum atomic E-state index is 11.2. The lowest BCUT2D eigenvalue weighted by atomic mass is 10.0. The molecule has 4 nitrogen and oxygen atoms in total. The van der Waals surface area contributed by atoms with Crippen LogP contribution in [0.4, 0.5) is 0 Å². The van der Waals surface area contributed by atoms with Crippen LogP contribution in [0.15, 0.2) is 6.20 Å². The van der Waals surface area contributed by atoms with Gasteiger partial charge in [-0.05, 0) is 12.8 Å². The zero-order valence-electron chi connectivity index (χ0n) is 8.22. The molecule has 2 rings (SSSR count). The van der Waals surface area contributed by atoms with E-state index < -0.39 is 9.84 Å². The minimum atomic E-state index is -2.79. The number of rotatable bonds is 2. The molecular weight excluding hydrogens is 234 g/mol. The highest BCUT2D eigenvalue weighted by molar-refractivity contribution is 7.91. The zero-order chi connectivity index (χ0) is 10.9. The summed E-state index contributed by atoms with van der Waals surface area (Å²) in [5.41, 5.74) is 0. The number of sulfone groups is 1. The van der Waals surface area contributed by atoms with Gasteiger partial charge in [0, 0.05) is 12.1 Å². The first-order chi connectivity index (χ1) is 7.11. The Kier molecular flexibility index (Phi) is 3.08. The van der Waals surface area contributed by atoms with E-state index in [1.807, 2.05) is 0 Å². The van der Waals surface area contributed by atoms with Gasteiger partial charge in [0.25, 0.3) is 0 Å². The lowest BCUT2D eigenvalue weighted by Gasteiger charge is -2.19. The monoisotopic (exact) mass is 247 g/mol. The van der Waals surface area contributed by atoms with Crippen LogP contribution in [0.25, 0.3) is 0 Å². The van der Waals surface area contributed by atoms with E-state index in [2.05, 4.69) is 4.98 Å². The molecule has 6 heteroatoms. The average molecular weight is 247 g/mol. The van der Waals surface area contributed by atoms with Crippen molar-refractivity contribution in [2.24, 2.45) is 0 Å². The second-order valence-corrected chi connectivity index (χ2v) is 7.20. The highest BCUT2D eigenvalue weighted by Crippen LogP contribution is 2.31. The summed E-state index contributed by atoms with van der Waals surface area (Å²) in [6.07, 6.45) is 3.00. The van der Waals surface area contributed by atoms with E-state index in [1.165, 1.54) is 11.3 Å². The topological polar surface area (TPSA) is 67.3 Å². The Hall–Kier alpha value is -0.460. The zero-order valence-corrected chi connectivity index (χ0v) is 9.85. The molecule has 0 aromatic carbocycles. The summed E-state index contributed by atoms with van der Waals surface area (Å²) >= 11 is 1.48. The van der Waals surface area contributed by atoms with Gasteiger partial charge in [-0.15, -0.1) is 11.3 Å². The first-order valence-corrected chi connectivity index (χ1v) is 7.50. The molecule has 1 aliphatic heterocycles. The van der Waals surface area contributed by atoms with Crippen molar-refractivity contribution in [1.29, 1.82) is 0 Å². The summed E-state index contributed by atoms with van der Waals surface area (Å²) in [7, 11) is -2.79. The summed E-state index contributed by atoms with van der Waals surface area (Å²) in [6.45, 7) is 0.0166. The molecular formula is C9H13NO3S2. The van der Waals surface area contributed by atoms with E-state index in [0.717, 1.165) is 9.88 Å². The van der Waals surface area contributed by atoms with Crippen LogP contribution in [0.1, 0.15) is 28.6 Å². The third-order valence-electron chi connectivity index (χ3n) is 2.63. The quantitative estimate of drug-likeness (QED) is 0.844. The van der Waals surface area contributed by atoms with Crippen molar-refractivity contribution in [2.75, 3.05) is 11.5 Å². The third kappa shape index (κ3) is 2.56. The van der Waals surface area contributed by atoms with Crippen molar-refractivity contribution < 1.29 is 13.5 Å². The van der Waals surface area contributed by atoms with Crippen LogP contribution in [0.2, 0.25) is 0 Å². The number of nitrogens with zero attached hydrogens (tertiary/aromatic N) is 1. The van der Waals surface area contributed by atoms with Crippen LogP contribution < -0.4 is 0 Å². The van der Waals surface area contributed by atoms with Gasteiger partial charge in [-0.25, -0.2) is 13.4 Å². The van der Waals surface area contributed by atoms with Crippen molar-refractivity contribution in [1.82, 2.24) is 4.98 Å². The van der Waals surface area contributed by atoms with E-state index in [1.54, 1.807) is 6.20 Å². The van der Waals surface area contributed by atoms with Gasteiger partial charge >= 0.3 is 0 Å². The molecule has 1 aromatic heterocycles. The molecule has 0 amide bonds. The van der Waals surface area contributed by atoms with Crippen LogP contribution in [-0.4, -0.2) is 30.0 Å². The first kappa shape index (κ1) is 11.0. The summed E-state index contributed by atoms with van der Waals surface area (Å²) in [6, 6.07) is 0. The number of aliphatic hydroxyl groups excluding tert-OH is 1. The molecule has 1 aliphatic rings. The van der Waals surface area contributed by atoms with Gasteiger partial charge in [-0.3, -0.25) is 0 Å². The molecule has 0 atom stereocenters. The second-order valence-electron chi connectivity index (χ2n) is 3.75.